The van der Waals surface area contributed by atoms with E-state index >= 15 is 0 Å². The van der Waals surface area contributed by atoms with Crippen LogP contribution in [0.1, 0.15) is 0 Å². The van der Waals surface area contributed by atoms with Crippen LogP contribution in [0.4, 0.5) is 17.1 Å². The highest BCUT2D eigenvalue weighted by Crippen LogP contribution is 2.47. The monoisotopic (exact) mass is 931 g/mol. The first kappa shape index (κ1) is 41.9. The Bertz CT molecular complexity index is 4360. The second kappa shape index (κ2) is 17.4. The molecule has 0 fully saturated rings. The van der Waals surface area contributed by atoms with Crippen LogP contribution < -0.4 is 4.90 Å². The van der Waals surface area contributed by atoms with Crippen molar-refractivity contribution < 1.29 is 0 Å². The Morgan fingerprint density at radius 3 is 1.49 bits per heavy atom. The van der Waals surface area contributed by atoms with Crippen LogP contribution in [0.2, 0.25) is 0 Å². The Morgan fingerprint density at radius 1 is 0.236 bits per heavy atom. The number of hydrogen-bond donors (Lipinski definition) is 0. The third-order valence-electron chi connectivity index (χ3n) is 14.6. The molecule has 0 aliphatic carbocycles. The molecule has 0 aliphatic rings. The molecule has 0 saturated carbocycles. The quantitative estimate of drug-likeness (QED) is 0.137. The van der Waals surface area contributed by atoms with Crippen molar-refractivity contribution in [3.8, 4) is 55.6 Å². The molecule has 13 aromatic carbocycles. The molecule has 14 aromatic rings. The minimum absolute atomic E-state index is 1.09. The average Bonchev–Trinajstić information content (AvgIpc) is 3.85. The smallest absolute Gasteiger partial charge is 0.0467 e. The number of anilines is 3. The lowest BCUT2D eigenvalue weighted by molar-refractivity contribution is 1.28. The first-order valence-corrected chi connectivity index (χ1v) is 25.5. The SMILES string of the molecule is c1ccc(-c2c(-c3ccccc3)c3cc(-c4cccc(N(c5ccc(-c6ccc7c(ccc8ccccc87)c6)cc5)c5ccc(-c6cccc7c6sc6ccccc67)cc5)c4)ccc3c3ccccc23)cc1. The van der Waals surface area contributed by atoms with Crippen molar-refractivity contribution in [1.82, 2.24) is 0 Å². The summed E-state index contributed by atoms with van der Waals surface area (Å²) in [6.07, 6.45) is 0. The van der Waals surface area contributed by atoms with Gasteiger partial charge in [-0.2, -0.15) is 0 Å². The van der Waals surface area contributed by atoms with Crippen LogP contribution in [0.3, 0.4) is 0 Å². The third kappa shape index (κ3) is 7.15. The number of hydrogen-bond acceptors (Lipinski definition) is 2. The minimum atomic E-state index is 1.09. The highest BCUT2D eigenvalue weighted by molar-refractivity contribution is 7.26. The number of thiophene rings is 1. The molecule has 72 heavy (non-hydrogen) atoms. The van der Waals surface area contributed by atoms with Gasteiger partial charge in [-0.05, 0) is 153 Å². The highest BCUT2D eigenvalue weighted by atomic mass is 32.1. The molecule has 0 spiro atoms. The summed E-state index contributed by atoms with van der Waals surface area (Å²) in [5.41, 5.74) is 15.4. The highest BCUT2D eigenvalue weighted by Gasteiger charge is 2.20. The van der Waals surface area contributed by atoms with E-state index in [9.17, 15) is 0 Å². The predicted molar refractivity (Wildman–Crippen MR) is 311 cm³/mol. The molecule has 1 aromatic heterocycles. The molecule has 0 bridgehead atoms. The van der Waals surface area contributed by atoms with Gasteiger partial charge in [-0.1, -0.05) is 218 Å². The normalized spacial score (nSPS) is 11.6. The zero-order chi connectivity index (χ0) is 47.5. The van der Waals surface area contributed by atoms with Crippen molar-refractivity contribution in [2.24, 2.45) is 0 Å². The van der Waals surface area contributed by atoms with Gasteiger partial charge >= 0.3 is 0 Å². The third-order valence-corrected chi connectivity index (χ3v) is 15.9. The van der Waals surface area contributed by atoms with Crippen molar-refractivity contribution in [2.45, 2.75) is 0 Å². The van der Waals surface area contributed by atoms with Gasteiger partial charge in [0.2, 0.25) is 0 Å². The Kier molecular flexibility index (Phi) is 10.1. The number of rotatable bonds is 8. The average molecular weight is 932 g/mol. The van der Waals surface area contributed by atoms with E-state index in [2.05, 4.69) is 278 Å². The van der Waals surface area contributed by atoms with Crippen molar-refractivity contribution in [2.75, 3.05) is 4.90 Å². The fraction of sp³-hybridized carbons (Fsp3) is 0. The second-order valence-electron chi connectivity index (χ2n) is 18.8. The van der Waals surface area contributed by atoms with Crippen LogP contribution in [0.25, 0.3) is 119 Å². The summed E-state index contributed by atoms with van der Waals surface area (Å²) in [5, 5.41) is 12.7. The first-order valence-electron chi connectivity index (χ1n) is 24.7. The molecule has 2 heteroatoms. The van der Waals surface area contributed by atoms with Gasteiger partial charge in [0.05, 0.1) is 0 Å². The number of fused-ring (bicyclic) bond motifs is 9. The summed E-state index contributed by atoms with van der Waals surface area (Å²) < 4.78 is 2.64. The van der Waals surface area contributed by atoms with Crippen molar-refractivity contribution in [3.05, 3.63) is 273 Å². The van der Waals surface area contributed by atoms with E-state index in [4.69, 9.17) is 0 Å². The van der Waals surface area contributed by atoms with E-state index in [0.29, 0.717) is 0 Å². The van der Waals surface area contributed by atoms with Crippen LogP contribution >= 0.6 is 11.3 Å². The maximum atomic E-state index is 2.42. The molecular formula is C70H45NS. The van der Waals surface area contributed by atoms with Gasteiger partial charge in [0.15, 0.2) is 0 Å². The molecule has 0 radical (unpaired) electrons. The fourth-order valence-corrected chi connectivity index (χ4v) is 12.5. The van der Waals surface area contributed by atoms with Crippen LogP contribution in [0.5, 0.6) is 0 Å². The molecule has 1 heterocycles. The van der Waals surface area contributed by atoms with Gasteiger partial charge in [0, 0.05) is 37.2 Å². The Balaban J connectivity index is 0.906. The summed E-state index contributed by atoms with van der Waals surface area (Å²) in [5.74, 6) is 0. The van der Waals surface area contributed by atoms with Crippen LogP contribution in [-0.4, -0.2) is 0 Å². The molecule has 0 amide bonds. The lowest BCUT2D eigenvalue weighted by atomic mass is 9.84. The second-order valence-corrected chi connectivity index (χ2v) is 19.8. The first-order chi connectivity index (χ1) is 35.7. The largest absolute Gasteiger partial charge is 0.310 e. The molecule has 0 saturated heterocycles. The van der Waals surface area contributed by atoms with E-state index in [1.807, 2.05) is 11.3 Å². The number of nitrogens with zero attached hydrogens (tertiary/aromatic N) is 1. The Morgan fingerprint density at radius 2 is 0.736 bits per heavy atom. The molecule has 0 unspecified atom stereocenters. The zero-order valence-corrected chi connectivity index (χ0v) is 40.2. The van der Waals surface area contributed by atoms with Crippen LogP contribution in [-0.2, 0) is 0 Å². The maximum absolute atomic E-state index is 2.42. The topological polar surface area (TPSA) is 3.24 Å². The molecule has 0 atom stereocenters. The van der Waals surface area contributed by atoms with Gasteiger partial charge in [-0.15, -0.1) is 11.3 Å². The van der Waals surface area contributed by atoms with Gasteiger partial charge < -0.3 is 4.90 Å². The molecule has 0 aliphatic heterocycles. The molecule has 336 valence electrons. The van der Waals surface area contributed by atoms with Crippen LogP contribution in [0, 0.1) is 0 Å². The van der Waals surface area contributed by atoms with Crippen molar-refractivity contribution in [3.63, 3.8) is 0 Å². The predicted octanol–water partition coefficient (Wildman–Crippen LogP) is 20.5. The summed E-state index contributed by atoms with van der Waals surface area (Å²) in [7, 11) is 0. The minimum Gasteiger partial charge on any atom is -0.310 e. The van der Waals surface area contributed by atoms with Gasteiger partial charge in [0.25, 0.3) is 0 Å². The summed E-state index contributed by atoms with van der Waals surface area (Å²) >= 11 is 1.88. The lowest BCUT2D eigenvalue weighted by Gasteiger charge is -2.26. The van der Waals surface area contributed by atoms with Gasteiger partial charge in [0.1, 0.15) is 0 Å². The number of benzene rings is 13. The summed E-state index contributed by atoms with van der Waals surface area (Å²) in [6, 6.07) is 101. The van der Waals surface area contributed by atoms with Crippen LogP contribution in [0.15, 0.2) is 273 Å². The molecule has 1 nitrogen and oxygen atoms in total. The van der Waals surface area contributed by atoms with E-state index < -0.39 is 0 Å². The van der Waals surface area contributed by atoms with Gasteiger partial charge in [-0.3, -0.25) is 0 Å². The Labute approximate surface area is 422 Å². The van der Waals surface area contributed by atoms with Gasteiger partial charge in [-0.25, -0.2) is 0 Å². The fourth-order valence-electron chi connectivity index (χ4n) is 11.2. The van der Waals surface area contributed by atoms with Crippen molar-refractivity contribution in [1.29, 1.82) is 0 Å². The van der Waals surface area contributed by atoms with E-state index in [1.54, 1.807) is 0 Å². The molecular weight excluding hydrogens is 887 g/mol. The Hall–Kier alpha value is -9.08. The van der Waals surface area contributed by atoms with E-state index in [0.717, 1.165) is 22.6 Å². The summed E-state index contributed by atoms with van der Waals surface area (Å²) in [6.45, 7) is 0. The summed E-state index contributed by atoms with van der Waals surface area (Å²) in [4.78, 5) is 2.40. The van der Waals surface area contributed by atoms with E-state index in [1.165, 1.54) is 113 Å². The van der Waals surface area contributed by atoms with Crippen molar-refractivity contribution >= 4 is 91.7 Å². The maximum Gasteiger partial charge on any atom is 0.0467 e. The van der Waals surface area contributed by atoms with E-state index in [-0.39, 0.29) is 0 Å². The molecule has 0 N–H and O–H groups in total. The standard InChI is InChI=1S/C70H45NS/c1-3-16-49(17-4-1)68-64-25-10-9-23-61(64)62-42-36-53(45-66(62)69(68)50-18-5-2-6-19-50)51-20-13-21-57(44-51)71(56-39-33-48(34-40-56)60-26-14-27-65-63-24-11-12-28-67(63)72-70(60)65)55-37-31-46(32-38-55)52-35-41-59-54(43-52)30-29-47-15-7-8-22-58(47)59/h1-45H. The zero-order valence-electron chi connectivity index (χ0n) is 39.3. The molecule has 14 rings (SSSR count). The lowest BCUT2D eigenvalue weighted by Crippen LogP contribution is -2.10.